The summed E-state index contributed by atoms with van der Waals surface area (Å²) in [6.45, 7) is 6.67. The number of nitrogens with zero attached hydrogens (tertiary/aromatic N) is 4. The Labute approximate surface area is 211 Å². The molecule has 2 aliphatic rings. The summed E-state index contributed by atoms with van der Waals surface area (Å²) in [6, 6.07) is 18.5. The van der Waals surface area contributed by atoms with Gasteiger partial charge in [-0.25, -0.2) is 4.68 Å². The highest BCUT2D eigenvalue weighted by atomic mass is 16.5. The first-order valence-corrected chi connectivity index (χ1v) is 12.7. The van der Waals surface area contributed by atoms with Crippen LogP contribution in [0.3, 0.4) is 0 Å². The monoisotopic (exact) mass is 487 g/mol. The van der Waals surface area contributed by atoms with Gasteiger partial charge in [-0.3, -0.25) is 9.59 Å². The van der Waals surface area contributed by atoms with E-state index in [2.05, 4.69) is 65.9 Å². The van der Waals surface area contributed by atoms with Gasteiger partial charge < -0.3 is 15.0 Å². The van der Waals surface area contributed by atoms with Crippen molar-refractivity contribution >= 4 is 11.8 Å². The third-order valence-electron chi connectivity index (χ3n) is 7.35. The van der Waals surface area contributed by atoms with E-state index >= 15 is 0 Å². The second-order valence-corrected chi connectivity index (χ2v) is 9.90. The molecule has 0 unspecified atom stereocenters. The average molecular weight is 488 g/mol. The molecule has 8 nitrogen and oxygen atoms in total. The Bertz CT molecular complexity index is 1200. The van der Waals surface area contributed by atoms with E-state index in [9.17, 15) is 9.59 Å². The molecule has 0 radical (unpaired) electrons. The lowest BCUT2D eigenvalue weighted by Crippen LogP contribution is -2.44. The largest absolute Gasteiger partial charge is 0.365 e. The van der Waals surface area contributed by atoms with Crippen molar-refractivity contribution in [2.45, 2.75) is 51.9 Å². The maximum Gasteiger partial charge on any atom is 0.276 e. The number of rotatable bonds is 6. The van der Waals surface area contributed by atoms with Crippen LogP contribution in [-0.4, -0.2) is 51.3 Å². The highest BCUT2D eigenvalue weighted by Gasteiger charge is 2.33. The van der Waals surface area contributed by atoms with Gasteiger partial charge in [0, 0.05) is 25.6 Å². The molecule has 1 fully saturated rings. The molecule has 0 spiro atoms. The summed E-state index contributed by atoms with van der Waals surface area (Å²) in [7, 11) is 0. The summed E-state index contributed by atoms with van der Waals surface area (Å²) in [5, 5.41) is 11.6. The van der Waals surface area contributed by atoms with Gasteiger partial charge in [0.25, 0.3) is 5.91 Å². The molecule has 2 aliphatic heterocycles. The zero-order chi connectivity index (χ0) is 25.1. The Morgan fingerprint density at radius 1 is 1.08 bits per heavy atom. The lowest BCUT2D eigenvalue weighted by atomic mass is 9.95. The van der Waals surface area contributed by atoms with Gasteiger partial charge in [0.1, 0.15) is 6.10 Å². The number of piperidine rings is 1. The van der Waals surface area contributed by atoms with Crippen LogP contribution >= 0.6 is 0 Å². The van der Waals surface area contributed by atoms with E-state index in [0.29, 0.717) is 51.3 Å². The maximum atomic E-state index is 13.2. The summed E-state index contributed by atoms with van der Waals surface area (Å²) in [5.41, 5.74) is 4.58. The zero-order valence-electron chi connectivity index (χ0n) is 20.9. The number of hydrogen-bond donors (Lipinski definition) is 1. The van der Waals surface area contributed by atoms with Crippen molar-refractivity contribution in [3.05, 3.63) is 82.7 Å². The molecule has 2 amide bonds. The third-order valence-corrected chi connectivity index (χ3v) is 7.35. The number of nitrogens with one attached hydrogen (secondary N) is 1. The second kappa shape index (κ2) is 10.6. The van der Waals surface area contributed by atoms with Crippen molar-refractivity contribution in [2.75, 3.05) is 19.6 Å². The summed E-state index contributed by atoms with van der Waals surface area (Å²) in [4.78, 5) is 27.7. The lowest BCUT2D eigenvalue weighted by molar-refractivity contribution is -0.126. The fraction of sp³-hybridized carbons (Fsp3) is 0.429. The fourth-order valence-corrected chi connectivity index (χ4v) is 4.95. The molecule has 0 aliphatic carbocycles. The molecule has 1 aromatic heterocycles. The molecule has 188 valence electrons. The molecule has 2 atom stereocenters. The van der Waals surface area contributed by atoms with Crippen LogP contribution < -0.4 is 5.32 Å². The predicted octanol–water partition coefficient (Wildman–Crippen LogP) is 3.63. The lowest BCUT2D eigenvalue weighted by Gasteiger charge is -2.31. The number of aryl methyl sites for hydroxylation is 1. The molecule has 3 aromatic rings. The second-order valence-electron chi connectivity index (χ2n) is 9.90. The van der Waals surface area contributed by atoms with Crippen molar-refractivity contribution in [1.82, 2.24) is 25.2 Å². The number of carbonyl (C=O) groups excluding carboxylic acids is 2. The highest BCUT2D eigenvalue weighted by Crippen LogP contribution is 2.28. The minimum absolute atomic E-state index is 0.0708. The minimum Gasteiger partial charge on any atom is -0.365 e. The standard InChI is InChI=1S/C28H33N5O3/c1-19-8-10-22(11-9-19)25-17-33-24(18-36-25)26(30-31-33)28(35)32-14-12-23(13-15-32)27(34)29-16-20(2)21-6-4-3-5-7-21/h3-11,20,23,25H,12-18H2,1-2H3,(H,29,34)/t20-,25-/m1/s1. The van der Waals surface area contributed by atoms with E-state index in [0.717, 1.165) is 11.3 Å². The van der Waals surface area contributed by atoms with Crippen molar-refractivity contribution in [2.24, 2.45) is 5.92 Å². The predicted molar refractivity (Wildman–Crippen MR) is 135 cm³/mol. The van der Waals surface area contributed by atoms with Gasteiger partial charge in [0.15, 0.2) is 5.69 Å². The molecular formula is C28H33N5O3. The SMILES string of the molecule is Cc1ccc([C@H]2Cn3nnc(C(=O)N4CCC(C(=O)NC[C@@H](C)c5ccccc5)CC4)c3CO2)cc1. The molecule has 1 N–H and O–H groups in total. The number of likely N-dealkylation sites (tertiary alicyclic amines) is 1. The Hall–Kier alpha value is -3.52. The zero-order valence-corrected chi connectivity index (χ0v) is 20.9. The molecule has 3 heterocycles. The normalized spacial score (nSPS) is 18.9. The first-order valence-electron chi connectivity index (χ1n) is 12.7. The Kier molecular flexibility index (Phi) is 7.13. The topological polar surface area (TPSA) is 89.4 Å². The Morgan fingerprint density at radius 3 is 2.53 bits per heavy atom. The Balaban J connectivity index is 1.13. The molecular weight excluding hydrogens is 454 g/mol. The number of hydrogen-bond acceptors (Lipinski definition) is 5. The highest BCUT2D eigenvalue weighted by molar-refractivity contribution is 5.93. The van der Waals surface area contributed by atoms with Gasteiger partial charge in [-0.15, -0.1) is 5.10 Å². The van der Waals surface area contributed by atoms with Crippen LogP contribution in [0.25, 0.3) is 0 Å². The summed E-state index contributed by atoms with van der Waals surface area (Å²) in [5.74, 6) is 0.112. The number of carbonyl (C=O) groups is 2. The number of amides is 2. The van der Waals surface area contributed by atoms with E-state index in [1.165, 1.54) is 11.1 Å². The van der Waals surface area contributed by atoms with Crippen LogP contribution in [0.5, 0.6) is 0 Å². The smallest absolute Gasteiger partial charge is 0.276 e. The molecule has 1 saturated heterocycles. The van der Waals surface area contributed by atoms with Crippen molar-refractivity contribution in [3.63, 3.8) is 0 Å². The minimum atomic E-state index is -0.134. The summed E-state index contributed by atoms with van der Waals surface area (Å²) < 4.78 is 7.86. The van der Waals surface area contributed by atoms with E-state index in [4.69, 9.17) is 4.74 Å². The molecule has 0 bridgehead atoms. The molecule has 36 heavy (non-hydrogen) atoms. The molecule has 5 rings (SSSR count). The number of aromatic nitrogens is 3. The summed E-state index contributed by atoms with van der Waals surface area (Å²) in [6.07, 6.45) is 1.18. The van der Waals surface area contributed by atoms with Gasteiger partial charge in [0.05, 0.1) is 18.8 Å². The van der Waals surface area contributed by atoms with Gasteiger partial charge >= 0.3 is 0 Å². The van der Waals surface area contributed by atoms with Gasteiger partial charge in [0.2, 0.25) is 5.91 Å². The number of benzene rings is 2. The van der Waals surface area contributed by atoms with Crippen LogP contribution in [0.1, 0.15) is 64.7 Å². The first-order chi connectivity index (χ1) is 17.5. The first kappa shape index (κ1) is 24.2. The Morgan fingerprint density at radius 2 is 1.81 bits per heavy atom. The maximum absolute atomic E-state index is 13.2. The van der Waals surface area contributed by atoms with Crippen molar-refractivity contribution in [1.29, 1.82) is 0 Å². The fourth-order valence-electron chi connectivity index (χ4n) is 4.95. The van der Waals surface area contributed by atoms with E-state index in [1.54, 1.807) is 9.58 Å². The quantitative estimate of drug-likeness (QED) is 0.574. The van der Waals surface area contributed by atoms with Crippen LogP contribution in [-0.2, 0) is 22.7 Å². The van der Waals surface area contributed by atoms with Gasteiger partial charge in [-0.1, -0.05) is 72.3 Å². The van der Waals surface area contributed by atoms with Crippen LogP contribution in [0.4, 0.5) is 0 Å². The van der Waals surface area contributed by atoms with Crippen LogP contribution in [0, 0.1) is 12.8 Å². The molecule has 8 heteroatoms. The summed E-state index contributed by atoms with van der Waals surface area (Å²) >= 11 is 0. The van der Waals surface area contributed by atoms with E-state index < -0.39 is 0 Å². The van der Waals surface area contributed by atoms with E-state index in [-0.39, 0.29) is 29.8 Å². The molecule has 0 saturated carbocycles. The number of ether oxygens (including phenoxy) is 1. The van der Waals surface area contributed by atoms with Gasteiger partial charge in [-0.05, 0) is 36.8 Å². The average Bonchev–Trinajstić information content (AvgIpc) is 3.35. The van der Waals surface area contributed by atoms with Gasteiger partial charge in [-0.2, -0.15) is 0 Å². The third kappa shape index (κ3) is 5.18. The molecule has 2 aromatic carbocycles. The van der Waals surface area contributed by atoms with Crippen molar-refractivity contribution < 1.29 is 14.3 Å². The van der Waals surface area contributed by atoms with E-state index in [1.807, 2.05) is 18.2 Å². The van der Waals surface area contributed by atoms with Crippen LogP contribution in [0.15, 0.2) is 54.6 Å². The van der Waals surface area contributed by atoms with Crippen LogP contribution in [0.2, 0.25) is 0 Å². The van der Waals surface area contributed by atoms with Crippen molar-refractivity contribution in [3.8, 4) is 0 Å². The number of fused-ring (bicyclic) bond motifs is 1.